The van der Waals surface area contributed by atoms with Gasteiger partial charge in [0.2, 0.25) is 0 Å². The van der Waals surface area contributed by atoms with E-state index in [2.05, 4.69) is 4.98 Å². The summed E-state index contributed by atoms with van der Waals surface area (Å²) in [4.78, 5) is 28.5. The van der Waals surface area contributed by atoms with Crippen molar-refractivity contribution < 1.29 is 9.53 Å². The quantitative estimate of drug-likeness (QED) is 0.636. The Balaban J connectivity index is 1.81. The van der Waals surface area contributed by atoms with Crippen LogP contribution in [-0.4, -0.2) is 19.7 Å². The van der Waals surface area contributed by atoms with Gasteiger partial charge in [-0.1, -0.05) is 6.07 Å². The lowest BCUT2D eigenvalue weighted by Crippen LogP contribution is -2.22. The Morgan fingerprint density at radius 2 is 2.14 bits per heavy atom. The van der Waals surface area contributed by atoms with Crippen molar-refractivity contribution in [3.8, 4) is 0 Å². The molecule has 0 bridgehead atoms. The number of aromatic nitrogens is 2. The zero-order valence-electron chi connectivity index (χ0n) is 12.1. The van der Waals surface area contributed by atoms with E-state index >= 15 is 0 Å². The van der Waals surface area contributed by atoms with Crippen molar-refractivity contribution in [3.63, 3.8) is 0 Å². The first-order chi connectivity index (χ1) is 10.2. The number of carbonyl (C=O) groups is 1. The normalized spacial score (nSPS) is 22.5. The van der Waals surface area contributed by atoms with Crippen LogP contribution >= 0.6 is 23.2 Å². The van der Waals surface area contributed by atoms with Crippen LogP contribution in [0.4, 0.5) is 0 Å². The van der Waals surface area contributed by atoms with Crippen LogP contribution in [-0.2, 0) is 16.1 Å². The zero-order valence-corrected chi connectivity index (χ0v) is 13.6. The molecule has 0 N–H and O–H groups in total. The molecule has 0 saturated heterocycles. The van der Waals surface area contributed by atoms with Gasteiger partial charge in [-0.15, -0.1) is 23.2 Å². The van der Waals surface area contributed by atoms with E-state index in [0.29, 0.717) is 17.8 Å². The Kier molecular flexibility index (Phi) is 3.45. The minimum Gasteiger partial charge on any atom is -0.459 e. The third-order valence-corrected chi connectivity index (χ3v) is 5.09. The van der Waals surface area contributed by atoms with Crippen molar-refractivity contribution in [2.75, 3.05) is 0 Å². The minimum absolute atomic E-state index is 0.0854. The first-order valence-electron chi connectivity index (χ1n) is 6.78. The number of carbonyl (C=O) groups excluding carboxylic acids is 1. The van der Waals surface area contributed by atoms with Crippen molar-refractivity contribution in [1.82, 2.24) is 9.38 Å². The Morgan fingerprint density at radius 3 is 2.77 bits per heavy atom. The molecule has 22 heavy (non-hydrogen) atoms. The Labute approximate surface area is 136 Å². The highest BCUT2D eigenvalue weighted by molar-refractivity contribution is 6.53. The molecule has 3 rings (SSSR count). The molecule has 2 heterocycles. The van der Waals surface area contributed by atoms with E-state index in [1.165, 1.54) is 10.5 Å². The van der Waals surface area contributed by atoms with Gasteiger partial charge in [-0.3, -0.25) is 14.0 Å². The summed E-state index contributed by atoms with van der Waals surface area (Å²) in [5.74, 6) is -0.483. The van der Waals surface area contributed by atoms with Crippen LogP contribution in [0.2, 0.25) is 0 Å². The van der Waals surface area contributed by atoms with Crippen molar-refractivity contribution >= 4 is 34.8 Å². The standard InChI is InChI=1S/C15H14Cl2N2O3/c1-9-4-3-5-11-18-10(6-12(20)19(9)11)7-22-13(21)14(2)8-15(14,16)17/h3-6H,7-8H2,1-2H3. The molecule has 1 aliphatic carbocycles. The molecule has 0 radical (unpaired) electrons. The van der Waals surface area contributed by atoms with Crippen LogP contribution in [0.5, 0.6) is 0 Å². The minimum atomic E-state index is -1.07. The van der Waals surface area contributed by atoms with Crippen LogP contribution in [0, 0.1) is 12.3 Å². The van der Waals surface area contributed by atoms with Gasteiger partial charge in [0.05, 0.1) is 5.69 Å². The number of hydrogen-bond acceptors (Lipinski definition) is 4. The number of esters is 1. The summed E-state index contributed by atoms with van der Waals surface area (Å²) in [6.07, 6.45) is 0.356. The molecule has 2 aromatic rings. The van der Waals surface area contributed by atoms with Crippen LogP contribution in [0.3, 0.4) is 0 Å². The lowest BCUT2D eigenvalue weighted by Gasteiger charge is -2.12. The zero-order chi connectivity index (χ0) is 16.1. The molecule has 0 amide bonds. The van der Waals surface area contributed by atoms with E-state index in [1.807, 2.05) is 19.1 Å². The first kappa shape index (κ1) is 15.3. The van der Waals surface area contributed by atoms with Gasteiger partial charge < -0.3 is 4.74 Å². The van der Waals surface area contributed by atoms with Crippen LogP contribution in [0.1, 0.15) is 24.7 Å². The fourth-order valence-electron chi connectivity index (χ4n) is 2.36. The van der Waals surface area contributed by atoms with Crippen LogP contribution in [0.15, 0.2) is 29.1 Å². The molecule has 5 nitrogen and oxygen atoms in total. The Morgan fingerprint density at radius 1 is 1.45 bits per heavy atom. The smallest absolute Gasteiger partial charge is 0.315 e. The molecule has 1 atom stereocenters. The van der Waals surface area contributed by atoms with E-state index in [-0.39, 0.29) is 12.2 Å². The first-order valence-corrected chi connectivity index (χ1v) is 7.54. The molecule has 1 aliphatic rings. The molecule has 7 heteroatoms. The molecule has 1 fully saturated rings. The fraction of sp³-hybridized carbons (Fsp3) is 0.400. The molecule has 1 saturated carbocycles. The topological polar surface area (TPSA) is 60.7 Å². The molecular weight excluding hydrogens is 327 g/mol. The fourth-order valence-corrected chi connectivity index (χ4v) is 3.05. The summed E-state index contributed by atoms with van der Waals surface area (Å²) in [5, 5.41) is 0. The lowest BCUT2D eigenvalue weighted by molar-refractivity contribution is -0.151. The second kappa shape index (κ2) is 4.96. The molecule has 0 aromatic carbocycles. The Hall–Kier alpha value is -1.59. The van der Waals surface area contributed by atoms with Gasteiger partial charge in [-0.25, -0.2) is 4.98 Å². The SMILES string of the molecule is Cc1cccc2nc(COC(=O)C3(C)CC3(Cl)Cl)cc(=O)n12. The number of halogens is 2. The van der Waals surface area contributed by atoms with Crippen molar-refractivity contribution in [2.45, 2.75) is 31.2 Å². The summed E-state index contributed by atoms with van der Waals surface area (Å²) in [5.41, 5.74) is 0.593. The summed E-state index contributed by atoms with van der Waals surface area (Å²) in [7, 11) is 0. The second-order valence-electron chi connectivity index (χ2n) is 5.74. The van der Waals surface area contributed by atoms with Crippen molar-refractivity contribution in [1.29, 1.82) is 0 Å². The molecule has 1 unspecified atom stereocenters. The van der Waals surface area contributed by atoms with E-state index in [0.717, 1.165) is 5.69 Å². The Bertz CT molecular complexity index is 831. The van der Waals surface area contributed by atoms with Gasteiger partial charge in [0, 0.05) is 18.2 Å². The van der Waals surface area contributed by atoms with E-state index in [9.17, 15) is 9.59 Å². The third kappa shape index (κ3) is 2.38. The molecule has 0 aliphatic heterocycles. The number of alkyl halides is 2. The number of aryl methyl sites for hydroxylation is 1. The van der Waals surface area contributed by atoms with Crippen LogP contribution in [0.25, 0.3) is 5.65 Å². The number of hydrogen-bond donors (Lipinski definition) is 0. The predicted octanol–water partition coefficient (Wildman–Crippen LogP) is 2.63. The maximum Gasteiger partial charge on any atom is 0.315 e. The summed E-state index contributed by atoms with van der Waals surface area (Å²) < 4.78 is 5.63. The molecule has 2 aromatic heterocycles. The van der Waals surface area contributed by atoms with Gasteiger partial charge >= 0.3 is 5.97 Å². The number of rotatable bonds is 3. The van der Waals surface area contributed by atoms with Gasteiger partial charge in [0.15, 0.2) is 0 Å². The number of pyridine rings is 1. The monoisotopic (exact) mass is 340 g/mol. The molecule has 116 valence electrons. The average Bonchev–Trinajstić information content (AvgIpc) is 2.96. The van der Waals surface area contributed by atoms with E-state index < -0.39 is 15.7 Å². The number of nitrogens with zero attached hydrogens (tertiary/aromatic N) is 2. The lowest BCUT2D eigenvalue weighted by atomic mass is 10.1. The predicted molar refractivity (Wildman–Crippen MR) is 83.2 cm³/mol. The summed E-state index contributed by atoms with van der Waals surface area (Å²) in [6.45, 7) is 3.39. The van der Waals surface area contributed by atoms with Gasteiger partial charge in [-0.05, 0) is 26.0 Å². The highest BCUT2D eigenvalue weighted by Crippen LogP contribution is 2.64. The summed E-state index contributed by atoms with van der Waals surface area (Å²) in [6, 6.07) is 6.72. The largest absolute Gasteiger partial charge is 0.459 e. The van der Waals surface area contributed by atoms with Crippen molar-refractivity contribution in [3.05, 3.63) is 46.0 Å². The maximum absolute atomic E-state index is 12.1. The number of fused-ring (bicyclic) bond motifs is 1. The highest BCUT2D eigenvalue weighted by atomic mass is 35.5. The average molecular weight is 341 g/mol. The summed E-state index contributed by atoms with van der Waals surface area (Å²) >= 11 is 11.9. The molecule has 0 spiro atoms. The van der Waals surface area contributed by atoms with E-state index in [1.54, 1.807) is 13.0 Å². The maximum atomic E-state index is 12.1. The van der Waals surface area contributed by atoms with Gasteiger partial charge in [0.25, 0.3) is 5.56 Å². The number of ether oxygens (including phenoxy) is 1. The molecular formula is C15H14Cl2N2O3. The second-order valence-corrected chi connectivity index (χ2v) is 7.22. The van der Waals surface area contributed by atoms with E-state index in [4.69, 9.17) is 27.9 Å². The third-order valence-electron chi connectivity index (χ3n) is 3.99. The van der Waals surface area contributed by atoms with Crippen LogP contribution < -0.4 is 5.56 Å². The van der Waals surface area contributed by atoms with Gasteiger partial charge in [-0.2, -0.15) is 0 Å². The van der Waals surface area contributed by atoms with Crippen molar-refractivity contribution in [2.24, 2.45) is 5.41 Å². The van der Waals surface area contributed by atoms with Gasteiger partial charge in [0.1, 0.15) is 22.0 Å². The highest BCUT2D eigenvalue weighted by Gasteiger charge is 2.69.